The van der Waals surface area contributed by atoms with Crippen LogP contribution < -0.4 is 14.2 Å². The van der Waals surface area contributed by atoms with Gasteiger partial charge in [-0.1, -0.05) is 24.3 Å². The summed E-state index contributed by atoms with van der Waals surface area (Å²) in [6.45, 7) is 1.47. The van der Waals surface area contributed by atoms with Crippen molar-refractivity contribution in [2.75, 3.05) is 56.5 Å². The molecule has 162 valence electrons. The van der Waals surface area contributed by atoms with Crippen molar-refractivity contribution in [3.63, 3.8) is 0 Å². The van der Waals surface area contributed by atoms with E-state index in [9.17, 15) is 0 Å². The summed E-state index contributed by atoms with van der Waals surface area (Å²) in [6.07, 6.45) is 0. The predicted octanol–water partition coefficient (Wildman–Crippen LogP) is 4.21. The average molecular weight is 449 g/mol. The van der Waals surface area contributed by atoms with Crippen LogP contribution in [0.1, 0.15) is 0 Å². The van der Waals surface area contributed by atoms with E-state index in [2.05, 4.69) is 12.1 Å². The summed E-state index contributed by atoms with van der Waals surface area (Å²) in [6, 6.07) is 14.1. The zero-order valence-corrected chi connectivity index (χ0v) is 18.8. The molecule has 3 aromatic carbocycles. The van der Waals surface area contributed by atoms with Crippen LogP contribution in [0.5, 0.6) is 17.2 Å². The zero-order chi connectivity index (χ0) is 21.2. The zero-order valence-electron chi connectivity index (χ0n) is 17.1. The molecule has 0 unspecified atom stereocenters. The number of hydrogen-bond donors (Lipinski definition) is 2. The van der Waals surface area contributed by atoms with Gasteiger partial charge in [0, 0.05) is 44.6 Å². The third kappa shape index (κ3) is 5.66. The molecule has 0 aliphatic heterocycles. The van der Waals surface area contributed by atoms with Gasteiger partial charge < -0.3 is 24.4 Å². The van der Waals surface area contributed by atoms with Crippen LogP contribution in [0.4, 0.5) is 0 Å². The van der Waals surface area contributed by atoms with Crippen molar-refractivity contribution in [2.45, 2.75) is 0 Å². The Morgan fingerprint density at radius 3 is 1.77 bits per heavy atom. The van der Waals surface area contributed by atoms with Crippen molar-refractivity contribution < 1.29 is 24.4 Å². The van der Waals surface area contributed by atoms with Gasteiger partial charge in [0.2, 0.25) is 0 Å². The van der Waals surface area contributed by atoms with E-state index in [0.29, 0.717) is 24.7 Å². The summed E-state index contributed by atoms with van der Waals surface area (Å²) in [4.78, 5) is 0. The monoisotopic (exact) mass is 448 g/mol. The van der Waals surface area contributed by atoms with Crippen molar-refractivity contribution in [2.24, 2.45) is 0 Å². The largest absolute Gasteiger partial charge is 0.497 e. The number of hydrogen-bond acceptors (Lipinski definition) is 7. The molecule has 0 aromatic heterocycles. The van der Waals surface area contributed by atoms with Crippen LogP contribution in [0.15, 0.2) is 42.5 Å². The number of thioether (sulfide) groups is 2. The van der Waals surface area contributed by atoms with E-state index in [4.69, 9.17) is 24.4 Å². The second-order valence-corrected chi connectivity index (χ2v) is 8.93. The lowest BCUT2D eigenvalue weighted by molar-refractivity contribution is 0.321. The lowest BCUT2D eigenvalue weighted by Crippen LogP contribution is -2.05. The first-order valence-corrected chi connectivity index (χ1v) is 12.3. The Morgan fingerprint density at radius 1 is 0.700 bits per heavy atom. The minimum absolute atomic E-state index is 0.177. The fourth-order valence-corrected chi connectivity index (χ4v) is 4.32. The van der Waals surface area contributed by atoms with Gasteiger partial charge in [-0.05, 0) is 18.2 Å². The van der Waals surface area contributed by atoms with Gasteiger partial charge in [-0.15, -0.1) is 0 Å². The molecule has 0 aliphatic rings. The summed E-state index contributed by atoms with van der Waals surface area (Å²) >= 11 is 3.34. The Labute approximate surface area is 185 Å². The van der Waals surface area contributed by atoms with Crippen LogP contribution in [0.25, 0.3) is 21.5 Å². The van der Waals surface area contributed by atoms with Gasteiger partial charge in [0.1, 0.15) is 17.2 Å². The van der Waals surface area contributed by atoms with Gasteiger partial charge >= 0.3 is 0 Å². The maximum atomic E-state index is 8.97. The van der Waals surface area contributed by atoms with E-state index in [1.807, 2.05) is 30.3 Å². The van der Waals surface area contributed by atoms with Crippen molar-refractivity contribution in [3.8, 4) is 17.2 Å². The Hall–Kier alpha value is -1.80. The maximum Gasteiger partial charge on any atom is 0.135 e. The Morgan fingerprint density at radius 2 is 1.23 bits per heavy atom. The lowest BCUT2D eigenvalue weighted by atomic mass is 10.00. The number of rotatable bonds is 13. The molecule has 0 saturated heterocycles. The third-order valence-corrected chi connectivity index (χ3v) is 6.40. The SMILES string of the molecule is COc1ccc2c(OCCSCCO)c3ccccc3c(OCCSCCO)c2c1. The Kier molecular flexibility index (Phi) is 9.27. The minimum atomic E-state index is 0.177. The summed E-state index contributed by atoms with van der Waals surface area (Å²) in [5, 5.41) is 21.9. The average Bonchev–Trinajstić information content (AvgIpc) is 2.79. The summed E-state index contributed by atoms with van der Waals surface area (Å²) in [5.41, 5.74) is 0. The quantitative estimate of drug-likeness (QED) is 0.300. The molecule has 30 heavy (non-hydrogen) atoms. The van der Waals surface area contributed by atoms with Gasteiger partial charge in [-0.2, -0.15) is 23.5 Å². The van der Waals surface area contributed by atoms with E-state index in [0.717, 1.165) is 50.3 Å². The number of aliphatic hydroxyl groups is 2. The standard InChI is InChI=1S/C23H28O5S2/c1-26-17-6-7-20-21(16-17)23(28-11-15-30-13-9-25)19-5-3-2-4-18(19)22(20)27-10-14-29-12-8-24/h2-7,16,24-25H,8-15H2,1H3. The van der Waals surface area contributed by atoms with E-state index in [1.165, 1.54) is 0 Å². The maximum absolute atomic E-state index is 8.97. The van der Waals surface area contributed by atoms with E-state index in [-0.39, 0.29) is 13.2 Å². The third-order valence-electron chi connectivity index (χ3n) is 4.55. The van der Waals surface area contributed by atoms with Gasteiger partial charge in [-0.3, -0.25) is 0 Å². The summed E-state index contributed by atoms with van der Waals surface area (Å²) < 4.78 is 17.9. The molecule has 0 aliphatic carbocycles. The molecule has 2 N–H and O–H groups in total. The molecular formula is C23H28O5S2. The van der Waals surface area contributed by atoms with Crippen LogP contribution in [0.3, 0.4) is 0 Å². The molecule has 0 radical (unpaired) electrons. The molecule has 0 amide bonds. The molecule has 7 heteroatoms. The molecule has 0 bridgehead atoms. The Balaban J connectivity index is 1.99. The van der Waals surface area contributed by atoms with E-state index in [1.54, 1.807) is 30.6 Å². The highest BCUT2D eigenvalue weighted by molar-refractivity contribution is 7.99. The van der Waals surface area contributed by atoms with Crippen LogP contribution >= 0.6 is 23.5 Å². The van der Waals surface area contributed by atoms with Crippen LogP contribution in [-0.4, -0.2) is 66.8 Å². The molecule has 0 heterocycles. The first kappa shape index (κ1) is 22.9. The highest BCUT2D eigenvalue weighted by atomic mass is 32.2. The van der Waals surface area contributed by atoms with Gasteiger partial charge in [-0.25, -0.2) is 0 Å². The Bertz CT molecular complexity index is 948. The highest BCUT2D eigenvalue weighted by Gasteiger charge is 2.17. The molecule has 3 aromatic rings. The van der Waals surface area contributed by atoms with Crippen molar-refractivity contribution in [3.05, 3.63) is 42.5 Å². The molecule has 0 saturated carbocycles. The van der Waals surface area contributed by atoms with Crippen LogP contribution in [0.2, 0.25) is 0 Å². The number of fused-ring (bicyclic) bond motifs is 2. The van der Waals surface area contributed by atoms with Gasteiger partial charge in [0.05, 0.1) is 33.5 Å². The fourth-order valence-electron chi connectivity index (χ4n) is 3.26. The number of aliphatic hydroxyl groups excluding tert-OH is 2. The smallest absolute Gasteiger partial charge is 0.135 e. The molecule has 0 atom stereocenters. The minimum Gasteiger partial charge on any atom is -0.497 e. The van der Waals surface area contributed by atoms with Crippen molar-refractivity contribution in [1.82, 2.24) is 0 Å². The van der Waals surface area contributed by atoms with Crippen molar-refractivity contribution in [1.29, 1.82) is 0 Å². The number of methoxy groups -OCH3 is 1. The van der Waals surface area contributed by atoms with Gasteiger partial charge in [0.25, 0.3) is 0 Å². The van der Waals surface area contributed by atoms with Crippen molar-refractivity contribution >= 4 is 45.1 Å². The second kappa shape index (κ2) is 12.2. The molecule has 3 rings (SSSR count). The fraction of sp³-hybridized carbons (Fsp3) is 0.391. The first-order valence-electron chi connectivity index (χ1n) is 9.95. The topological polar surface area (TPSA) is 68.2 Å². The van der Waals surface area contributed by atoms with Crippen LogP contribution in [-0.2, 0) is 0 Å². The van der Waals surface area contributed by atoms with Crippen LogP contribution in [0, 0.1) is 0 Å². The lowest BCUT2D eigenvalue weighted by Gasteiger charge is -2.18. The predicted molar refractivity (Wildman–Crippen MR) is 128 cm³/mol. The summed E-state index contributed by atoms with van der Waals surface area (Å²) in [5.74, 6) is 5.47. The summed E-state index contributed by atoms with van der Waals surface area (Å²) in [7, 11) is 1.66. The normalized spacial score (nSPS) is 11.2. The number of benzene rings is 3. The molecule has 5 nitrogen and oxygen atoms in total. The highest BCUT2D eigenvalue weighted by Crippen LogP contribution is 2.44. The molecule has 0 spiro atoms. The number of ether oxygens (including phenoxy) is 3. The van der Waals surface area contributed by atoms with E-state index >= 15 is 0 Å². The first-order chi connectivity index (χ1) is 14.8. The molecular weight excluding hydrogens is 420 g/mol. The van der Waals surface area contributed by atoms with Gasteiger partial charge in [0.15, 0.2) is 0 Å². The molecule has 0 fully saturated rings. The second-order valence-electron chi connectivity index (χ2n) is 6.48. The van der Waals surface area contributed by atoms with E-state index < -0.39 is 0 Å².